The van der Waals surface area contributed by atoms with E-state index >= 15 is 0 Å². The van der Waals surface area contributed by atoms with E-state index in [0.29, 0.717) is 11.1 Å². The summed E-state index contributed by atoms with van der Waals surface area (Å²) in [5, 5.41) is 10.9. The monoisotopic (exact) mass is 412 g/mol. The van der Waals surface area contributed by atoms with Gasteiger partial charge in [0.2, 0.25) is 0 Å². The fourth-order valence-corrected chi connectivity index (χ4v) is 3.11. The third-order valence-corrected chi connectivity index (χ3v) is 4.64. The molecule has 7 heteroatoms. The summed E-state index contributed by atoms with van der Waals surface area (Å²) < 4.78 is 22.3. The maximum absolute atomic E-state index is 12.5. The van der Waals surface area contributed by atoms with Crippen molar-refractivity contribution in [2.45, 2.75) is 37.6 Å². The van der Waals surface area contributed by atoms with Crippen LogP contribution in [0, 0.1) is 0 Å². The molecule has 1 aliphatic rings. The predicted octanol–water partition coefficient (Wildman–Crippen LogP) is 2.75. The number of carbonyl (C=O) groups is 2. The lowest BCUT2D eigenvalue weighted by Crippen LogP contribution is -2.60. The Hall–Kier alpha value is -3.00. The SMILES string of the molecule is C=CCO[C@H]1O[C@H](C)[C@H](OC(=O)c2ccccc2)[C@H](O)[C@H]1OC(=O)c1ccccc1. The van der Waals surface area contributed by atoms with Crippen LogP contribution in [0.25, 0.3) is 0 Å². The molecule has 2 aromatic carbocycles. The Labute approximate surface area is 174 Å². The molecule has 1 aliphatic heterocycles. The Kier molecular flexibility index (Phi) is 7.35. The van der Waals surface area contributed by atoms with Crippen molar-refractivity contribution in [3.8, 4) is 0 Å². The Balaban J connectivity index is 1.78. The number of ether oxygens (including phenoxy) is 4. The van der Waals surface area contributed by atoms with Gasteiger partial charge in [-0.05, 0) is 31.2 Å². The van der Waals surface area contributed by atoms with Gasteiger partial charge in [-0.3, -0.25) is 0 Å². The molecule has 0 saturated carbocycles. The van der Waals surface area contributed by atoms with Gasteiger partial charge in [-0.25, -0.2) is 9.59 Å². The van der Waals surface area contributed by atoms with Gasteiger partial charge in [0.1, 0.15) is 6.10 Å². The Morgan fingerprint density at radius 3 is 1.97 bits per heavy atom. The predicted molar refractivity (Wildman–Crippen MR) is 108 cm³/mol. The minimum Gasteiger partial charge on any atom is -0.453 e. The highest BCUT2D eigenvalue weighted by molar-refractivity contribution is 5.90. The first kappa shape index (κ1) is 21.7. The zero-order valence-electron chi connectivity index (χ0n) is 16.5. The van der Waals surface area contributed by atoms with Crippen LogP contribution >= 0.6 is 0 Å². The van der Waals surface area contributed by atoms with Crippen LogP contribution in [0.5, 0.6) is 0 Å². The summed E-state index contributed by atoms with van der Waals surface area (Å²) in [7, 11) is 0. The number of aliphatic hydroxyl groups is 1. The third kappa shape index (κ3) is 5.13. The Bertz CT molecular complexity index is 852. The van der Waals surface area contributed by atoms with Gasteiger partial charge >= 0.3 is 11.9 Å². The molecule has 0 amide bonds. The van der Waals surface area contributed by atoms with E-state index in [2.05, 4.69) is 6.58 Å². The minimum absolute atomic E-state index is 0.123. The number of hydrogen-bond donors (Lipinski definition) is 1. The lowest BCUT2D eigenvalue weighted by molar-refractivity contribution is -0.288. The van der Waals surface area contributed by atoms with Crippen LogP contribution in [-0.4, -0.2) is 54.4 Å². The summed E-state index contributed by atoms with van der Waals surface area (Å²) in [5.41, 5.74) is 0.642. The number of hydrogen-bond acceptors (Lipinski definition) is 7. The number of esters is 2. The topological polar surface area (TPSA) is 91.3 Å². The summed E-state index contributed by atoms with van der Waals surface area (Å²) in [6, 6.07) is 16.7. The number of benzene rings is 2. The summed E-state index contributed by atoms with van der Waals surface area (Å²) in [6.45, 7) is 5.35. The average molecular weight is 412 g/mol. The maximum atomic E-state index is 12.5. The van der Waals surface area contributed by atoms with Crippen LogP contribution < -0.4 is 0 Å². The fraction of sp³-hybridized carbons (Fsp3) is 0.304. The molecule has 5 atom stereocenters. The Morgan fingerprint density at radius 1 is 0.967 bits per heavy atom. The first-order valence-electron chi connectivity index (χ1n) is 9.59. The van der Waals surface area contributed by atoms with Crippen molar-refractivity contribution < 1.29 is 33.6 Å². The fourth-order valence-electron chi connectivity index (χ4n) is 3.11. The molecular weight excluding hydrogens is 388 g/mol. The summed E-state index contributed by atoms with van der Waals surface area (Å²) in [6.07, 6.45) is -3.86. The number of aliphatic hydroxyl groups excluding tert-OH is 1. The maximum Gasteiger partial charge on any atom is 0.338 e. The highest BCUT2D eigenvalue weighted by Gasteiger charge is 2.48. The van der Waals surface area contributed by atoms with E-state index in [1.165, 1.54) is 6.08 Å². The van der Waals surface area contributed by atoms with Crippen LogP contribution in [0.1, 0.15) is 27.6 Å². The molecule has 0 aromatic heterocycles. The van der Waals surface area contributed by atoms with E-state index in [1.807, 2.05) is 0 Å². The number of carbonyl (C=O) groups excluding carboxylic acids is 2. The van der Waals surface area contributed by atoms with E-state index in [-0.39, 0.29) is 6.61 Å². The molecule has 0 unspecified atom stereocenters. The molecule has 1 N–H and O–H groups in total. The quantitative estimate of drug-likeness (QED) is 0.552. The zero-order chi connectivity index (χ0) is 21.5. The van der Waals surface area contributed by atoms with Crippen molar-refractivity contribution in [3.05, 3.63) is 84.4 Å². The molecule has 1 fully saturated rings. The first-order valence-corrected chi connectivity index (χ1v) is 9.59. The molecule has 0 radical (unpaired) electrons. The van der Waals surface area contributed by atoms with E-state index in [0.717, 1.165) is 0 Å². The highest BCUT2D eigenvalue weighted by Crippen LogP contribution is 2.28. The molecule has 158 valence electrons. The highest BCUT2D eigenvalue weighted by atomic mass is 16.7. The largest absolute Gasteiger partial charge is 0.453 e. The second kappa shape index (κ2) is 10.2. The zero-order valence-corrected chi connectivity index (χ0v) is 16.5. The molecule has 1 saturated heterocycles. The molecule has 3 rings (SSSR count). The molecular formula is C23H24O7. The van der Waals surface area contributed by atoms with Gasteiger partial charge in [-0.2, -0.15) is 0 Å². The average Bonchev–Trinajstić information content (AvgIpc) is 2.78. The summed E-state index contributed by atoms with van der Waals surface area (Å²) in [5.74, 6) is -1.27. The van der Waals surface area contributed by atoms with Crippen LogP contribution in [-0.2, 0) is 18.9 Å². The lowest BCUT2D eigenvalue weighted by atomic mass is 9.99. The van der Waals surface area contributed by atoms with Crippen LogP contribution in [0.4, 0.5) is 0 Å². The van der Waals surface area contributed by atoms with Crippen molar-refractivity contribution in [2.24, 2.45) is 0 Å². The smallest absolute Gasteiger partial charge is 0.338 e. The summed E-state index contributed by atoms with van der Waals surface area (Å²) in [4.78, 5) is 25.0. The lowest BCUT2D eigenvalue weighted by Gasteiger charge is -2.42. The van der Waals surface area contributed by atoms with Gasteiger partial charge in [0, 0.05) is 0 Å². The van der Waals surface area contributed by atoms with Gasteiger partial charge in [0.25, 0.3) is 0 Å². The van der Waals surface area contributed by atoms with Crippen LogP contribution in [0.3, 0.4) is 0 Å². The van der Waals surface area contributed by atoms with Gasteiger partial charge < -0.3 is 24.1 Å². The van der Waals surface area contributed by atoms with Crippen molar-refractivity contribution in [1.29, 1.82) is 0 Å². The molecule has 7 nitrogen and oxygen atoms in total. The standard InChI is InChI=1S/C23H24O7/c1-3-14-27-23-20(30-22(26)17-12-8-5-9-13-17)18(24)19(15(2)28-23)29-21(25)16-10-6-4-7-11-16/h3-13,15,18-20,23-24H,1,14H2,2H3/t15-,18+,19+,20-,23+/m1/s1. The van der Waals surface area contributed by atoms with E-state index < -0.39 is 42.6 Å². The van der Waals surface area contributed by atoms with Crippen molar-refractivity contribution in [3.63, 3.8) is 0 Å². The molecule has 0 bridgehead atoms. The van der Waals surface area contributed by atoms with E-state index in [1.54, 1.807) is 67.6 Å². The Morgan fingerprint density at radius 2 is 1.47 bits per heavy atom. The van der Waals surface area contributed by atoms with Crippen LogP contribution in [0.2, 0.25) is 0 Å². The van der Waals surface area contributed by atoms with E-state index in [4.69, 9.17) is 18.9 Å². The van der Waals surface area contributed by atoms with Gasteiger partial charge in [0.15, 0.2) is 18.5 Å². The van der Waals surface area contributed by atoms with Crippen molar-refractivity contribution in [1.82, 2.24) is 0 Å². The number of rotatable bonds is 7. The molecule has 1 heterocycles. The van der Waals surface area contributed by atoms with Gasteiger partial charge in [0.05, 0.1) is 23.8 Å². The van der Waals surface area contributed by atoms with Gasteiger partial charge in [-0.15, -0.1) is 6.58 Å². The summed E-state index contributed by atoms with van der Waals surface area (Å²) >= 11 is 0. The van der Waals surface area contributed by atoms with Crippen LogP contribution in [0.15, 0.2) is 73.3 Å². The molecule has 30 heavy (non-hydrogen) atoms. The van der Waals surface area contributed by atoms with Gasteiger partial charge in [-0.1, -0.05) is 42.5 Å². The van der Waals surface area contributed by atoms with E-state index in [9.17, 15) is 14.7 Å². The molecule has 0 aliphatic carbocycles. The first-order chi connectivity index (χ1) is 14.5. The van der Waals surface area contributed by atoms with Crippen molar-refractivity contribution in [2.75, 3.05) is 6.61 Å². The molecule has 2 aromatic rings. The second-order valence-corrected chi connectivity index (χ2v) is 6.79. The third-order valence-electron chi connectivity index (χ3n) is 4.64. The normalized spacial score (nSPS) is 25.9. The minimum atomic E-state index is -1.36. The van der Waals surface area contributed by atoms with Crippen molar-refractivity contribution >= 4 is 11.9 Å². The second-order valence-electron chi connectivity index (χ2n) is 6.79. The molecule has 0 spiro atoms.